The predicted octanol–water partition coefficient (Wildman–Crippen LogP) is 3.80. The Bertz CT molecular complexity index is 403. The molecule has 0 heterocycles. The van der Waals surface area contributed by atoms with Gasteiger partial charge in [-0.25, -0.2) is 0 Å². The molecule has 18 heavy (non-hydrogen) atoms. The molecular weight excluding hydrogens is 312 g/mol. The summed E-state index contributed by atoms with van der Waals surface area (Å²) in [5.74, 6) is 0. The summed E-state index contributed by atoms with van der Waals surface area (Å²) in [7, 11) is 2.19. The monoisotopic (exact) mass is 330 g/mol. The Morgan fingerprint density at radius 2 is 2.00 bits per heavy atom. The van der Waals surface area contributed by atoms with Crippen LogP contribution in [0, 0.1) is 0 Å². The summed E-state index contributed by atoms with van der Waals surface area (Å²) in [5.41, 5.74) is 7.20. The quantitative estimate of drug-likeness (QED) is 0.912. The second-order valence-corrected chi connectivity index (χ2v) is 6.51. The Hall–Kier alpha value is -0.0900. The molecule has 0 aromatic heterocycles. The van der Waals surface area contributed by atoms with Crippen molar-refractivity contribution in [3.8, 4) is 0 Å². The van der Waals surface area contributed by atoms with Crippen molar-refractivity contribution in [2.75, 3.05) is 7.05 Å². The minimum absolute atomic E-state index is 0.410. The van der Waals surface area contributed by atoms with Gasteiger partial charge in [0.1, 0.15) is 0 Å². The number of halogens is 2. The standard InChI is InChI=1S/C14H20BrClN2/c1-18(13-5-3-12(17)4-6-13)9-10-8-11(16)2-7-14(10)15/h2,7-8,12-13H,3-6,9,17H2,1H3. The lowest BCUT2D eigenvalue weighted by molar-refractivity contribution is 0.176. The Balaban J connectivity index is 1.98. The lowest BCUT2D eigenvalue weighted by atomic mass is 9.91. The zero-order valence-electron chi connectivity index (χ0n) is 10.7. The highest BCUT2D eigenvalue weighted by atomic mass is 79.9. The van der Waals surface area contributed by atoms with Crippen LogP contribution in [0.1, 0.15) is 31.2 Å². The zero-order chi connectivity index (χ0) is 13.1. The van der Waals surface area contributed by atoms with E-state index in [0.29, 0.717) is 12.1 Å². The van der Waals surface area contributed by atoms with Crippen LogP contribution in [0.4, 0.5) is 0 Å². The van der Waals surface area contributed by atoms with E-state index in [4.69, 9.17) is 17.3 Å². The Morgan fingerprint density at radius 1 is 1.33 bits per heavy atom. The highest BCUT2D eigenvalue weighted by molar-refractivity contribution is 9.10. The van der Waals surface area contributed by atoms with Crippen molar-refractivity contribution in [3.05, 3.63) is 33.3 Å². The fourth-order valence-corrected chi connectivity index (χ4v) is 3.17. The zero-order valence-corrected chi connectivity index (χ0v) is 13.0. The molecule has 0 unspecified atom stereocenters. The molecule has 0 saturated heterocycles. The molecule has 4 heteroatoms. The van der Waals surface area contributed by atoms with Gasteiger partial charge in [0.15, 0.2) is 0 Å². The second-order valence-electron chi connectivity index (χ2n) is 5.22. The smallest absolute Gasteiger partial charge is 0.0410 e. The van der Waals surface area contributed by atoms with Crippen LogP contribution in [0.25, 0.3) is 0 Å². The van der Waals surface area contributed by atoms with Crippen molar-refractivity contribution in [1.29, 1.82) is 0 Å². The molecule has 100 valence electrons. The maximum atomic E-state index is 6.05. The lowest BCUT2D eigenvalue weighted by Gasteiger charge is -2.33. The largest absolute Gasteiger partial charge is 0.328 e. The predicted molar refractivity (Wildman–Crippen MR) is 80.9 cm³/mol. The second kappa shape index (κ2) is 6.38. The first-order valence-electron chi connectivity index (χ1n) is 6.46. The summed E-state index contributed by atoms with van der Waals surface area (Å²) in [5, 5.41) is 0.798. The van der Waals surface area contributed by atoms with Gasteiger partial charge < -0.3 is 5.73 Å². The van der Waals surface area contributed by atoms with Crippen LogP contribution in [0.2, 0.25) is 5.02 Å². The number of rotatable bonds is 3. The molecular formula is C14H20BrClN2. The van der Waals surface area contributed by atoms with Crippen LogP contribution in [-0.2, 0) is 6.54 Å². The van der Waals surface area contributed by atoms with E-state index >= 15 is 0 Å². The number of hydrogen-bond donors (Lipinski definition) is 1. The molecule has 0 amide bonds. The first kappa shape index (κ1) is 14.3. The van der Waals surface area contributed by atoms with Gasteiger partial charge in [-0.3, -0.25) is 4.90 Å². The highest BCUT2D eigenvalue weighted by Gasteiger charge is 2.22. The molecule has 1 saturated carbocycles. The van der Waals surface area contributed by atoms with E-state index in [9.17, 15) is 0 Å². The van der Waals surface area contributed by atoms with Gasteiger partial charge in [-0.1, -0.05) is 27.5 Å². The molecule has 0 spiro atoms. The van der Waals surface area contributed by atoms with Gasteiger partial charge in [0, 0.05) is 28.1 Å². The average Bonchev–Trinajstić information content (AvgIpc) is 2.34. The van der Waals surface area contributed by atoms with Crippen molar-refractivity contribution in [2.45, 2.75) is 44.3 Å². The van der Waals surface area contributed by atoms with E-state index < -0.39 is 0 Å². The molecule has 0 radical (unpaired) electrons. The first-order valence-corrected chi connectivity index (χ1v) is 7.63. The normalized spacial score (nSPS) is 24.5. The third kappa shape index (κ3) is 3.70. The molecule has 1 aliphatic carbocycles. The molecule has 1 fully saturated rings. The SMILES string of the molecule is CN(Cc1cc(Cl)ccc1Br)C1CCC(N)CC1. The lowest BCUT2D eigenvalue weighted by Crippen LogP contribution is -2.38. The van der Waals surface area contributed by atoms with E-state index in [1.807, 2.05) is 18.2 Å². The Kier molecular flexibility index (Phi) is 5.07. The molecule has 2 rings (SSSR count). The van der Waals surface area contributed by atoms with Crippen LogP contribution in [0.5, 0.6) is 0 Å². The molecule has 0 aliphatic heterocycles. The maximum absolute atomic E-state index is 6.05. The van der Waals surface area contributed by atoms with Gasteiger partial charge >= 0.3 is 0 Å². The van der Waals surface area contributed by atoms with Gasteiger partial charge in [-0.15, -0.1) is 0 Å². The van der Waals surface area contributed by atoms with Gasteiger partial charge in [-0.05, 0) is 56.5 Å². The number of nitrogens with two attached hydrogens (primary N) is 1. The molecule has 2 nitrogen and oxygen atoms in total. The minimum atomic E-state index is 0.410. The van der Waals surface area contributed by atoms with Crippen LogP contribution in [-0.4, -0.2) is 24.0 Å². The molecule has 1 aromatic rings. The van der Waals surface area contributed by atoms with Crippen molar-refractivity contribution < 1.29 is 0 Å². The van der Waals surface area contributed by atoms with Crippen LogP contribution < -0.4 is 5.73 Å². The van der Waals surface area contributed by atoms with Gasteiger partial charge in [-0.2, -0.15) is 0 Å². The third-order valence-corrected chi connectivity index (χ3v) is 4.80. The van der Waals surface area contributed by atoms with Crippen molar-refractivity contribution in [1.82, 2.24) is 4.90 Å². The summed E-state index contributed by atoms with van der Waals surface area (Å²) in [4.78, 5) is 2.42. The van der Waals surface area contributed by atoms with Crippen LogP contribution in [0.3, 0.4) is 0 Å². The summed E-state index contributed by atoms with van der Waals surface area (Å²) >= 11 is 9.64. The van der Waals surface area contributed by atoms with E-state index in [2.05, 4.69) is 27.9 Å². The summed E-state index contributed by atoms with van der Waals surface area (Å²) in [6.07, 6.45) is 4.70. The number of nitrogens with zero attached hydrogens (tertiary/aromatic N) is 1. The van der Waals surface area contributed by atoms with Crippen molar-refractivity contribution in [3.63, 3.8) is 0 Å². The first-order chi connectivity index (χ1) is 8.56. The van der Waals surface area contributed by atoms with E-state index in [1.54, 1.807) is 0 Å². The Morgan fingerprint density at radius 3 is 2.67 bits per heavy atom. The number of benzene rings is 1. The van der Waals surface area contributed by atoms with E-state index in [0.717, 1.165) is 28.9 Å². The third-order valence-electron chi connectivity index (χ3n) is 3.79. The fourth-order valence-electron chi connectivity index (χ4n) is 2.60. The van der Waals surface area contributed by atoms with Crippen molar-refractivity contribution >= 4 is 27.5 Å². The van der Waals surface area contributed by atoms with Crippen LogP contribution in [0.15, 0.2) is 22.7 Å². The summed E-state index contributed by atoms with van der Waals surface area (Å²) < 4.78 is 1.13. The molecule has 0 bridgehead atoms. The van der Waals surface area contributed by atoms with E-state index in [-0.39, 0.29) is 0 Å². The summed E-state index contributed by atoms with van der Waals surface area (Å²) in [6, 6.07) is 7.02. The Labute approximate surface area is 123 Å². The highest BCUT2D eigenvalue weighted by Crippen LogP contribution is 2.26. The molecule has 1 aromatic carbocycles. The maximum Gasteiger partial charge on any atom is 0.0410 e. The molecule has 0 atom stereocenters. The van der Waals surface area contributed by atoms with Gasteiger partial charge in [0.2, 0.25) is 0 Å². The topological polar surface area (TPSA) is 29.3 Å². The van der Waals surface area contributed by atoms with E-state index in [1.165, 1.54) is 18.4 Å². The molecule has 2 N–H and O–H groups in total. The summed E-state index contributed by atoms with van der Waals surface area (Å²) in [6.45, 7) is 0.932. The minimum Gasteiger partial charge on any atom is -0.328 e. The van der Waals surface area contributed by atoms with Gasteiger partial charge in [0.25, 0.3) is 0 Å². The average molecular weight is 332 g/mol. The van der Waals surface area contributed by atoms with Gasteiger partial charge in [0.05, 0.1) is 0 Å². The molecule has 1 aliphatic rings. The fraction of sp³-hybridized carbons (Fsp3) is 0.571. The van der Waals surface area contributed by atoms with Crippen molar-refractivity contribution in [2.24, 2.45) is 5.73 Å². The number of hydrogen-bond acceptors (Lipinski definition) is 2. The van der Waals surface area contributed by atoms with Crippen LogP contribution >= 0.6 is 27.5 Å².